The van der Waals surface area contributed by atoms with Crippen LogP contribution < -0.4 is 11.2 Å². The molecule has 18 heavy (non-hydrogen) atoms. The number of carbonyl (C=O) groups excluding carboxylic acids is 1. The lowest BCUT2D eigenvalue weighted by atomic mass is 10.0. The predicted octanol–water partition coefficient (Wildman–Crippen LogP) is 1.36. The molecule has 5 nitrogen and oxygen atoms in total. The predicted molar refractivity (Wildman–Crippen MR) is 74.3 cm³/mol. The molecule has 0 rings (SSSR count). The van der Waals surface area contributed by atoms with Gasteiger partial charge >= 0.3 is 5.97 Å². The van der Waals surface area contributed by atoms with Crippen molar-refractivity contribution < 1.29 is 9.53 Å². The maximum Gasteiger partial charge on any atom is 0.322 e. The van der Waals surface area contributed by atoms with Gasteiger partial charge < -0.3 is 15.9 Å². The Morgan fingerprint density at radius 1 is 1.56 bits per heavy atom. The molecule has 0 fully saturated rings. The number of allylic oxidation sites excluding steroid dienone is 3. The second kappa shape index (κ2) is 10.5. The van der Waals surface area contributed by atoms with Gasteiger partial charge in [0.15, 0.2) is 0 Å². The van der Waals surface area contributed by atoms with E-state index in [0.717, 1.165) is 18.4 Å². The number of hydrazone groups is 1. The van der Waals surface area contributed by atoms with E-state index in [1.54, 1.807) is 13.3 Å². The summed E-state index contributed by atoms with van der Waals surface area (Å²) in [6.45, 7) is 2.10. The molecule has 0 aromatic rings. The number of ether oxygens (including phenoxy) is 1. The average molecular weight is 253 g/mol. The van der Waals surface area contributed by atoms with Crippen molar-refractivity contribution >= 4 is 12.2 Å². The van der Waals surface area contributed by atoms with Gasteiger partial charge in [0.05, 0.1) is 7.11 Å². The first-order valence-corrected chi connectivity index (χ1v) is 6.04. The Labute approximate surface area is 109 Å². The number of nitrogens with two attached hydrogens (primary N) is 1. The molecule has 5 heteroatoms. The maximum atomic E-state index is 11.3. The largest absolute Gasteiger partial charge is 0.468 e. The van der Waals surface area contributed by atoms with Gasteiger partial charge in [-0.2, -0.15) is 5.10 Å². The van der Waals surface area contributed by atoms with Gasteiger partial charge in [0.1, 0.15) is 6.04 Å². The smallest absolute Gasteiger partial charge is 0.322 e. The van der Waals surface area contributed by atoms with Crippen LogP contribution in [-0.2, 0) is 9.53 Å². The molecule has 0 radical (unpaired) electrons. The first kappa shape index (κ1) is 16.4. The van der Waals surface area contributed by atoms with Crippen molar-refractivity contribution in [3.63, 3.8) is 0 Å². The zero-order valence-corrected chi connectivity index (χ0v) is 11.3. The van der Waals surface area contributed by atoms with Crippen molar-refractivity contribution in [2.75, 3.05) is 14.2 Å². The van der Waals surface area contributed by atoms with Gasteiger partial charge in [-0.1, -0.05) is 25.5 Å². The molecule has 0 bridgehead atoms. The summed E-state index contributed by atoms with van der Waals surface area (Å²) in [7, 11) is 3.07. The van der Waals surface area contributed by atoms with Crippen LogP contribution in [0.2, 0.25) is 0 Å². The van der Waals surface area contributed by atoms with Gasteiger partial charge in [0.25, 0.3) is 0 Å². The van der Waals surface area contributed by atoms with E-state index in [2.05, 4.69) is 28.3 Å². The Bertz CT molecular complexity index is 322. The highest BCUT2D eigenvalue weighted by molar-refractivity contribution is 5.76. The fraction of sp³-hybridized carbons (Fsp3) is 0.538. The highest BCUT2D eigenvalue weighted by atomic mass is 16.5. The fourth-order valence-corrected chi connectivity index (χ4v) is 1.32. The fourth-order valence-electron chi connectivity index (χ4n) is 1.32. The molecule has 0 heterocycles. The molecule has 0 saturated carbocycles. The Morgan fingerprint density at radius 3 is 2.83 bits per heavy atom. The normalized spacial score (nSPS) is 14.1. The van der Waals surface area contributed by atoms with Gasteiger partial charge in [-0.15, -0.1) is 0 Å². The lowest BCUT2D eigenvalue weighted by Gasteiger charge is -2.09. The van der Waals surface area contributed by atoms with Crippen LogP contribution >= 0.6 is 0 Å². The monoisotopic (exact) mass is 253 g/mol. The topological polar surface area (TPSA) is 76.7 Å². The van der Waals surface area contributed by atoms with Gasteiger partial charge in [0.2, 0.25) is 0 Å². The van der Waals surface area contributed by atoms with Gasteiger partial charge in [-0.05, 0) is 24.5 Å². The molecule has 0 aromatic carbocycles. The summed E-state index contributed by atoms with van der Waals surface area (Å²) in [6.07, 6.45) is 9.90. The van der Waals surface area contributed by atoms with Crippen molar-refractivity contribution in [3.05, 3.63) is 23.8 Å². The minimum Gasteiger partial charge on any atom is -0.468 e. The van der Waals surface area contributed by atoms with Crippen LogP contribution in [0.15, 0.2) is 28.9 Å². The summed E-state index contributed by atoms with van der Waals surface area (Å²) in [6, 6.07) is -0.621. The maximum absolute atomic E-state index is 11.3. The third-order valence-corrected chi connectivity index (χ3v) is 2.25. The first-order chi connectivity index (χ1) is 8.65. The minimum absolute atomic E-state index is 0.394. The van der Waals surface area contributed by atoms with Crippen molar-refractivity contribution in [2.45, 2.75) is 32.2 Å². The second-order valence-corrected chi connectivity index (χ2v) is 3.76. The first-order valence-electron chi connectivity index (χ1n) is 6.04. The van der Waals surface area contributed by atoms with E-state index in [0.29, 0.717) is 6.42 Å². The van der Waals surface area contributed by atoms with Crippen LogP contribution in [0, 0.1) is 0 Å². The number of esters is 1. The number of methoxy groups -OCH3 is 1. The summed E-state index contributed by atoms with van der Waals surface area (Å²) in [5.74, 6) is -0.394. The van der Waals surface area contributed by atoms with Gasteiger partial charge in [-0.3, -0.25) is 4.79 Å². The van der Waals surface area contributed by atoms with E-state index in [4.69, 9.17) is 5.73 Å². The Morgan fingerprint density at radius 2 is 2.28 bits per heavy atom. The van der Waals surface area contributed by atoms with E-state index < -0.39 is 12.0 Å². The van der Waals surface area contributed by atoms with Crippen molar-refractivity contribution in [1.82, 2.24) is 5.43 Å². The number of hydrogen-bond donors (Lipinski definition) is 2. The molecule has 0 spiro atoms. The Balaban J connectivity index is 4.54. The van der Waals surface area contributed by atoms with E-state index in [9.17, 15) is 4.79 Å². The van der Waals surface area contributed by atoms with Crippen LogP contribution in [0.4, 0.5) is 0 Å². The number of nitrogens with zero attached hydrogens (tertiary/aromatic N) is 1. The molecule has 0 aliphatic heterocycles. The van der Waals surface area contributed by atoms with Crippen molar-refractivity contribution in [1.29, 1.82) is 0 Å². The molecular formula is C13H23N3O2. The molecule has 0 saturated heterocycles. The van der Waals surface area contributed by atoms with Crippen LogP contribution in [0.1, 0.15) is 26.2 Å². The molecule has 3 N–H and O–H groups in total. The molecule has 102 valence electrons. The summed E-state index contributed by atoms with van der Waals surface area (Å²) in [5, 5.41) is 3.84. The molecule has 0 aliphatic rings. The third-order valence-electron chi connectivity index (χ3n) is 2.25. The van der Waals surface area contributed by atoms with Crippen LogP contribution in [0.5, 0.6) is 0 Å². The van der Waals surface area contributed by atoms with E-state index in [1.807, 2.05) is 12.2 Å². The standard InChI is InChI=1S/C13H23N3O2/c1-4-5-7-11(8-6-9-16-15-2)10-12(14)13(17)18-3/h6-9,12,15H,4-5,10,14H2,1-3H3/b8-6+,11-7+,16-9-. The van der Waals surface area contributed by atoms with E-state index in [1.165, 1.54) is 7.11 Å². The second-order valence-electron chi connectivity index (χ2n) is 3.76. The lowest BCUT2D eigenvalue weighted by Crippen LogP contribution is -2.31. The molecule has 0 amide bonds. The minimum atomic E-state index is -0.621. The van der Waals surface area contributed by atoms with Gasteiger partial charge in [-0.25, -0.2) is 0 Å². The summed E-state index contributed by atoms with van der Waals surface area (Å²) < 4.78 is 4.61. The third kappa shape index (κ3) is 7.62. The van der Waals surface area contributed by atoms with E-state index >= 15 is 0 Å². The van der Waals surface area contributed by atoms with Crippen molar-refractivity contribution in [2.24, 2.45) is 10.8 Å². The number of carbonyl (C=O) groups is 1. The number of unbranched alkanes of at least 4 members (excludes halogenated alkanes) is 1. The summed E-state index contributed by atoms with van der Waals surface area (Å²) in [4.78, 5) is 11.3. The van der Waals surface area contributed by atoms with Crippen molar-refractivity contribution in [3.8, 4) is 0 Å². The Hall–Kier alpha value is -1.62. The van der Waals surface area contributed by atoms with Crippen LogP contribution in [0.3, 0.4) is 0 Å². The average Bonchev–Trinajstić information content (AvgIpc) is 2.39. The molecule has 0 aromatic heterocycles. The Kier molecular flexibility index (Phi) is 9.58. The molecule has 1 unspecified atom stereocenters. The number of nitrogens with one attached hydrogen (secondary N) is 1. The molecular weight excluding hydrogens is 230 g/mol. The lowest BCUT2D eigenvalue weighted by molar-refractivity contribution is -0.142. The van der Waals surface area contributed by atoms with E-state index in [-0.39, 0.29) is 0 Å². The molecule has 0 aliphatic carbocycles. The highest BCUT2D eigenvalue weighted by Crippen LogP contribution is 2.09. The number of rotatable bonds is 8. The SMILES string of the molecule is CCC\C=C(/C=C/C=N\NC)CC(N)C(=O)OC. The summed E-state index contributed by atoms with van der Waals surface area (Å²) >= 11 is 0. The zero-order chi connectivity index (χ0) is 13.8. The van der Waals surface area contributed by atoms with Crippen LogP contribution in [0.25, 0.3) is 0 Å². The summed E-state index contributed by atoms with van der Waals surface area (Å²) in [5.41, 5.74) is 9.40. The quantitative estimate of drug-likeness (QED) is 0.296. The zero-order valence-electron chi connectivity index (χ0n) is 11.3. The molecule has 1 atom stereocenters. The number of hydrogen-bond acceptors (Lipinski definition) is 5. The van der Waals surface area contributed by atoms with Crippen LogP contribution in [-0.4, -0.2) is 32.4 Å². The highest BCUT2D eigenvalue weighted by Gasteiger charge is 2.14. The van der Waals surface area contributed by atoms with Gasteiger partial charge in [0, 0.05) is 13.3 Å².